The van der Waals surface area contributed by atoms with E-state index in [-0.39, 0.29) is 11.1 Å². The maximum atomic E-state index is 12.5. The molecule has 2 aromatic carbocycles. The second kappa shape index (κ2) is 7.64. The SMILES string of the molecule is Cc1ccccc1NC(=O)C(C)OC(=O)C(C)N1C(=O)c2ccccc2C1=O. The van der Waals surface area contributed by atoms with Gasteiger partial charge in [-0.05, 0) is 44.5 Å². The van der Waals surface area contributed by atoms with E-state index in [4.69, 9.17) is 4.74 Å². The van der Waals surface area contributed by atoms with Crippen molar-refractivity contribution in [3.8, 4) is 0 Å². The van der Waals surface area contributed by atoms with Crippen molar-refractivity contribution < 1.29 is 23.9 Å². The molecule has 0 bridgehead atoms. The number of benzene rings is 2. The Morgan fingerprint density at radius 1 is 0.929 bits per heavy atom. The molecule has 0 fully saturated rings. The molecular formula is C21H20N2O5. The lowest BCUT2D eigenvalue weighted by atomic mass is 10.1. The van der Waals surface area contributed by atoms with Gasteiger partial charge in [-0.25, -0.2) is 4.79 Å². The Balaban J connectivity index is 1.66. The number of amides is 3. The van der Waals surface area contributed by atoms with Gasteiger partial charge in [0.05, 0.1) is 11.1 Å². The highest BCUT2D eigenvalue weighted by molar-refractivity contribution is 6.22. The summed E-state index contributed by atoms with van der Waals surface area (Å²) in [5, 5.41) is 2.69. The van der Waals surface area contributed by atoms with Gasteiger partial charge in [-0.1, -0.05) is 30.3 Å². The molecule has 1 aliphatic heterocycles. The zero-order valence-electron chi connectivity index (χ0n) is 15.8. The zero-order valence-corrected chi connectivity index (χ0v) is 15.8. The first-order valence-corrected chi connectivity index (χ1v) is 8.85. The molecule has 0 aliphatic carbocycles. The number of hydrogen-bond donors (Lipinski definition) is 1. The maximum absolute atomic E-state index is 12.5. The monoisotopic (exact) mass is 380 g/mol. The highest BCUT2D eigenvalue weighted by Crippen LogP contribution is 2.25. The van der Waals surface area contributed by atoms with Crippen LogP contribution in [-0.2, 0) is 14.3 Å². The Kier molecular flexibility index (Phi) is 5.26. The summed E-state index contributed by atoms with van der Waals surface area (Å²) in [6, 6.07) is 12.4. The quantitative estimate of drug-likeness (QED) is 0.636. The number of rotatable bonds is 5. The minimum Gasteiger partial charge on any atom is -0.451 e. The summed E-state index contributed by atoms with van der Waals surface area (Å²) in [6.45, 7) is 4.67. The summed E-state index contributed by atoms with van der Waals surface area (Å²) in [6.07, 6.45) is -1.09. The van der Waals surface area contributed by atoms with Crippen molar-refractivity contribution in [2.45, 2.75) is 32.9 Å². The summed E-state index contributed by atoms with van der Waals surface area (Å²) in [7, 11) is 0. The van der Waals surface area contributed by atoms with Crippen LogP contribution in [0.5, 0.6) is 0 Å². The number of fused-ring (bicyclic) bond motifs is 1. The average Bonchev–Trinajstić information content (AvgIpc) is 2.93. The molecule has 0 radical (unpaired) electrons. The van der Waals surface area contributed by atoms with Crippen LogP contribution in [0.2, 0.25) is 0 Å². The molecule has 3 rings (SSSR count). The average molecular weight is 380 g/mol. The summed E-state index contributed by atoms with van der Waals surface area (Å²) >= 11 is 0. The molecule has 0 aromatic heterocycles. The number of nitrogens with zero attached hydrogens (tertiary/aromatic N) is 1. The van der Waals surface area contributed by atoms with E-state index in [0.717, 1.165) is 10.5 Å². The Morgan fingerprint density at radius 3 is 2.04 bits per heavy atom. The number of imide groups is 1. The highest BCUT2D eigenvalue weighted by atomic mass is 16.5. The fourth-order valence-electron chi connectivity index (χ4n) is 2.94. The molecule has 1 N–H and O–H groups in total. The fraction of sp³-hybridized carbons (Fsp3) is 0.238. The molecule has 2 unspecified atom stereocenters. The predicted molar refractivity (Wildman–Crippen MR) is 102 cm³/mol. The standard InChI is InChI=1S/C21H20N2O5/c1-12-8-4-7-11-17(12)22-18(24)14(3)28-21(27)13(2)23-19(25)15-9-5-6-10-16(15)20(23)26/h4-11,13-14H,1-3H3,(H,22,24). The van der Waals surface area contributed by atoms with Crippen molar-refractivity contribution in [3.63, 3.8) is 0 Å². The lowest BCUT2D eigenvalue weighted by Crippen LogP contribution is -2.45. The number of carbonyl (C=O) groups excluding carboxylic acids is 4. The fourth-order valence-corrected chi connectivity index (χ4v) is 2.94. The molecular weight excluding hydrogens is 360 g/mol. The van der Waals surface area contributed by atoms with Crippen molar-refractivity contribution >= 4 is 29.4 Å². The molecule has 0 saturated carbocycles. The van der Waals surface area contributed by atoms with Crippen LogP contribution >= 0.6 is 0 Å². The molecule has 1 aliphatic rings. The molecule has 144 valence electrons. The maximum Gasteiger partial charge on any atom is 0.329 e. The van der Waals surface area contributed by atoms with E-state index in [1.807, 2.05) is 19.1 Å². The minimum absolute atomic E-state index is 0.248. The van der Waals surface area contributed by atoms with Gasteiger partial charge in [0.15, 0.2) is 6.10 Å². The third kappa shape index (κ3) is 3.51. The van der Waals surface area contributed by atoms with Crippen molar-refractivity contribution in [1.29, 1.82) is 0 Å². The van der Waals surface area contributed by atoms with E-state index in [2.05, 4.69) is 5.32 Å². The lowest BCUT2D eigenvalue weighted by Gasteiger charge is -2.23. The molecule has 7 heteroatoms. The van der Waals surface area contributed by atoms with E-state index in [9.17, 15) is 19.2 Å². The van der Waals surface area contributed by atoms with Gasteiger partial charge in [0.25, 0.3) is 17.7 Å². The van der Waals surface area contributed by atoms with Gasteiger partial charge in [-0.15, -0.1) is 0 Å². The Hall–Kier alpha value is -3.48. The number of carbonyl (C=O) groups is 4. The van der Waals surface area contributed by atoms with Crippen LogP contribution in [-0.4, -0.2) is 40.7 Å². The Labute approximate surface area is 162 Å². The van der Waals surface area contributed by atoms with Gasteiger partial charge < -0.3 is 10.1 Å². The van der Waals surface area contributed by atoms with Crippen LogP contribution in [0.3, 0.4) is 0 Å². The van der Waals surface area contributed by atoms with Crippen LogP contribution < -0.4 is 5.32 Å². The summed E-state index contributed by atoms with van der Waals surface area (Å²) in [4.78, 5) is 50.6. The van der Waals surface area contributed by atoms with E-state index in [1.165, 1.54) is 26.0 Å². The zero-order chi connectivity index (χ0) is 20.4. The number of ether oxygens (including phenoxy) is 1. The van der Waals surface area contributed by atoms with Gasteiger partial charge in [-0.3, -0.25) is 19.3 Å². The largest absolute Gasteiger partial charge is 0.451 e. The van der Waals surface area contributed by atoms with E-state index >= 15 is 0 Å². The predicted octanol–water partition coefficient (Wildman–Crippen LogP) is 2.55. The van der Waals surface area contributed by atoms with Crippen molar-refractivity contribution in [2.75, 3.05) is 5.32 Å². The van der Waals surface area contributed by atoms with Crippen LogP contribution in [0.1, 0.15) is 40.1 Å². The van der Waals surface area contributed by atoms with Gasteiger partial charge in [0.1, 0.15) is 6.04 Å². The molecule has 3 amide bonds. The summed E-state index contributed by atoms with van der Waals surface area (Å²) < 4.78 is 5.20. The Bertz CT molecular complexity index is 934. The molecule has 2 aromatic rings. The molecule has 2 atom stereocenters. The van der Waals surface area contributed by atoms with Crippen LogP contribution in [0.15, 0.2) is 48.5 Å². The van der Waals surface area contributed by atoms with Crippen molar-refractivity contribution in [1.82, 2.24) is 4.90 Å². The first-order chi connectivity index (χ1) is 13.3. The third-order valence-electron chi connectivity index (χ3n) is 4.62. The highest BCUT2D eigenvalue weighted by Gasteiger charge is 2.41. The molecule has 28 heavy (non-hydrogen) atoms. The number of para-hydroxylation sites is 1. The molecule has 0 spiro atoms. The van der Waals surface area contributed by atoms with E-state index in [1.54, 1.807) is 24.3 Å². The van der Waals surface area contributed by atoms with Gasteiger partial charge in [0, 0.05) is 5.69 Å². The second-order valence-electron chi connectivity index (χ2n) is 6.59. The van der Waals surface area contributed by atoms with Gasteiger partial charge in [0.2, 0.25) is 0 Å². The number of aryl methyl sites for hydroxylation is 1. The van der Waals surface area contributed by atoms with Gasteiger partial charge in [-0.2, -0.15) is 0 Å². The molecule has 1 heterocycles. The first-order valence-electron chi connectivity index (χ1n) is 8.85. The topological polar surface area (TPSA) is 92.8 Å². The van der Waals surface area contributed by atoms with Crippen LogP contribution in [0.4, 0.5) is 5.69 Å². The lowest BCUT2D eigenvalue weighted by molar-refractivity contribution is -0.156. The van der Waals surface area contributed by atoms with Crippen LogP contribution in [0.25, 0.3) is 0 Å². The second-order valence-corrected chi connectivity index (χ2v) is 6.59. The van der Waals surface area contributed by atoms with E-state index < -0.39 is 35.8 Å². The van der Waals surface area contributed by atoms with Gasteiger partial charge >= 0.3 is 5.97 Å². The van der Waals surface area contributed by atoms with E-state index in [0.29, 0.717) is 5.69 Å². The normalized spacial score (nSPS) is 15.0. The third-order valence-corrected chi connectivity index (χ3v) is 4.62. The number of hydrogen-bond acceptors (Lipinski definition) is 5. The smallest absolute Gasteiger partial charge is 0.329 e. The summed E-state index contributed by atoms with van der Waals surface area (Å²) in [5.41, 5.74) is 1.98. The number of esters is 1. The van der Waals surface area contributed by atoms with Crippen LogP contribution in [0, 0.1) is 6.92 Å². The molecule has 0 saturated heterocycles. The van der Waals surface area contributed by atoms with Crippen molar-refractivity contribution in [3.05, 3.63) is 65.2 Å². The summed E-state index contributed by atoms with van der Waals surface area (Å²) in [5.74, 6) is -2.44. The number of nitrogens with one attached hydrogen (secondary N) is 1. The minimum atomic E-state index is -1.15. The number of anilines is 1. The first kappa shape index (κ1) is 19.3. The Morgan fingerprint density at radius 2 is 1.46 bits per heavy atom. The van der Waals surface area contributed by atoms with Crippen molar-refractivity contribution in [2.24, 2.45) is 0 Å². The molecule has 7 nitrogen and oxygen atoms in total.